The molecule has 10 nitrogen and oxygen atoms in total. The first-order valence-corrected chi connectivity index (χ1v) is 12.7. The van der Waals surface area contributed by atoms with Gasteiger partial charge in [-0.2, -0.15) is 0 Å². The summed E-state index contributed by atoms with van der Waals surface area (Å²) in [5.74, 6) is -1.14. The minimum atomic E-state index is -0.840. The maximum absolute atomic E-state index is 13.9. The van der Waals surface area contributed by atoms with E-state index >= 15 is 0 Å². The van der Waals surface area contributed by atoms with Gasteiger partial charge in [0.25, 0.3) is 0 Å². The average molecular weight is 582 g/mol. The Balaban J connectivity index is 1.84. The molecule has 0 aliphatic carbocycles. The molecule has 0 radical (unpaired) electrons. The largest absolute Gasteiger partial charge is 0.486 e. The fourth-order valence-corrected chi connectivity index (χ4v) is 5.24. The number of hydrogen-bond acceptors (Lipinski definition) is 10. The van der Waals surface area contributed by atoms with Crippen LogP contribution in [0.1, 0.15) is 23.5 Å². The van der Waals surface area contributed by atoms with Gasteiger partial charge in [-0.25, -0.2) is 14.2 Å². The number of aliphatic imine (C=N–C) groups is 1. The van der Waals surface area contributed by atoms with E-state index in [1.54, 1.807) is 26.3 Å². The Morgan fingerprint density at radius 3 is 2.89 bits per heavy atom. The molecule has 1 aromatic heterocycles. The molecule has 13 heteroatoms. The van der Waals surface area contributed by atoms with Crippen LogP contribution in [0, 0.1) is 5.82 Å². The van der Waals surface area contributed by atoms with Gasteiger partial charge in [0.05, 0.1) is 38.7 Å². The quantitative estimate of drug-likeness (QED) is 0.454. The summed E-state index contributed by atoms with van der Waals surface area (Å²) in [5, 5.41) is 4.34. The Labute approximate surface area is 219 Å². The lowest BCUT2D eigenvalue weighted by Gasteiger charge is -2.36. The van der Waals surface area contributed by atoms with Crippen molar-refractivity contribution in [3.63, 3.8) is 0 Å². The predicted molar refractivity (Wildman–Crippen MR) is 134 cm³/mol. The normalized spacial score (nSPS) is 20.5. The fourth-order valence-electron chi connectivity index (χ4n) is 3.98. The van der Waals surface area contributed by atoms with E-state index in [4.69, 9.17) is 24.9 Å². The number of hydrogen-bond donors (Lipinski definition) is 2. The molecule has 3 N–H and O–H groups in total. The lowest BCUT2D eigenvalue weighted by molar-refractivity contribution is -0.139. The second-order valence-electron chi connectivity index (χ2n) is 7.94. The van der Waals surface area contributed by atoms with Crippen LogP contribution in [0.15, 0.2) is 45.1 Å². The maximum atomic E-state index is 13.9. The Morgan fingerprint density at radius 1 is 1.42 bits per heavy atom. The third kappa shape index (κ3) is 5.59. The number of amidine groups is 1. The summed E-state index contributed by atoms with van der Waals surface area (Å²) in [6.07, 6.45) is 1.57. The van der Waals surface area contributed by atoms with E-state index in [0.717, 1.165) is 0 Å². The van der Waals surface area contributed by atoms with Gasteiger partial charge >= 0.3 is 5.97 Å². The van der Waals surface area contributed by atoms with Crippen LogP contribution in [-0.2, 0) is 19.1 Å². The van der Waals surface area contributed by atoms with Gasteiger partial charge in [-0.05, 0) is 24.6 Å². The van der Waals surface area contributed by atoms with Crippen molar-refractivity contribution in [1.82, 2.24) is 15.2 Å². The lowest BCUT2D eigenvalue weighted by atomic mass is 9.95. The summed E-state index contributed by atoms with van der Waals surface area (Å²) in [6, 6.07) is 2.67. The first-order chi connectivity index (χ1) is 17.3. The van der Waals surface area contributed by atoms with Crippen LogP contribution in [0.25, 0.3) is 0 Å². The van der Waals surface area contributed by atoms with Crippen molar-refractivity contribution in [2.45, 2.75) is 19.0 Å². The third-order valence-corrected chi connectivity index (χ3v) is 7.35. The number of thiazole rings is 1. The Kier molecular flexibility index (Phi) is 8.34. The Bertz CT molecular complexity index is 1220. The molecule has 36 heavy (non-hydrogen) atoms. The number of methoxy groups -OCH3 is 1. The van der Waals surface area contributed by atoms with E-state index in [1.165, 1.54) is 23.5 Å². The van der Waals surface area contributed by atoms with Gasteiger partial charge in [0.2, 0.25) is 5.91 Å². The number of benzene rings is 1. The molecule has 2 unspecified atom stereocenters. The molecular weight excluding hydrogens is 557 g/mol. The molecule has 2 aliphatic rings. The second kappa shape index (κ2) is 11.5. The number of primary amides is 1. The zero-order valence-corrected chi connectivity index (χ0v) is 22.0. The number of amides is 1. The van der Waals surface area contributed by atoms with Crippen LogP contribution in [-0.4, -0.2) is 73.7 Å². The highest BCUT2D eigenvalue weighted by Gasteiger charge is 2.37. The molecule has 0 spiro atoms. The van der Waals surface area contributed by atoms with Gasteiger partial charge in [-0.1, -0.05) is 33.3 Å². The van der Waals surface area contributed by atoms with Crippen molar-refractivity contribution >= 4 is 45.0 Å². The van der Waals surface area contributed by atoms with E-state index in [0.29, 0.717) is 44.8 Å². The topological polar surface area (TPSA) is 128 Å². The van der Waals surface area contributed by atoms with Crippen LogP contribution < -0.4 is 15.8 Å². The number of carbonyl (C=O) groups is 2. The number of ether oxygens (including phenoxy) is 3. The summed E-state index contributed by atoms with van der Waals surface area (Å²) < 4.78 is 30.5. The molecule has 1 aromatic carbocycles. The van der Waals surface area contributed by atoms with Crippen LogP contribution in [0.5, 0.6) is 5.06 Å². The molecular formula is C23H25BrFN5O5S. The molecule has 3 heterocycles. The molecule has 1 saturated heterocycles. The molecule has 192 valence electrons. The van der Waals surface area contributed by atoms with Crippen molar-refractivity contribution in [2.24, 2.45) is 10.7 Å². The highest BCUT2D eigenvalue weighted by molar-refractivity contribution is 9.10. The Hall–Kier alpha value is -2.87. The number of esters is 1. The first kappa shape index (κ1) is 26.2. The maximum Gasteiger partial charge on any atom is 0.338 e. The smallest absolute Gasteiger partial charge is 0.338 e. The van der Waals surface area contributed by atoms with E-state index in [2.05, 4.69) is 26.2 Å². The molecule has 2 aliphatic heterocycles. The molecule has 4 rings (SSSR count). The summed E-state index contributed by atoms with van der Waals surface area (Å²) in [5.41, 5.74) is 6.90. The van der Waals surface area contributed by atoms with Crippen molar-refractivity contribution in [3.05, 3.63) is 56.5 Å². The number of morpholine rings is 1. The summed E-state index contributed by atoms with van der Waals surface area (Å²) in [4.78, 5) is 36.4. The van der Waals surface area contributed by atoms with Gasteiger partial charge in [0.1, 0.15) is 17.9 Å². The molecule has 2 atom stereocenters. The first-order valence-electron chi connectivity index (χ1n) is 11.1. The third-order valence-electron chi connectivity index (χ3n) is 5.70. The number of aromatic nitrogens is 1. The minimum Gasteiger partial charge on any atom is -0.486 e. The number of nitrogens with zero attached hydrogens (tertiary/aromatic N) is 3. The number of nitrogens with one attached hydrogen (secondary N) is 1. The number of carbonyl (C=O) groups excluding carboxylic acids is 2. The number of halogens is 2. The standard InChI is InChI=1S/C23H25BrFN5O5S/c1-3-35-23(32)18-15(10-30-6-7-34-11-16(30)20(26)31)28-21(22-27-9-17(33-2)36-22)29-19(18)13-5-4-12(25)8-14(13)24/h4-5,8-9,16,19H,3,6-7,10-11H2,1-2H3,(H2,26,31)(H,28,29). The van der Waals surface area contributed by atoms with Gasteiger partial charge in [-0.15, -0.1) is 0 Å². The SMILES string of the molecule is CCOC(=O)C1=C(CN2CCOCC2C(N)=O)NC(c2ncc(OC)s2)=NC1c1ccc(F)cc1Br. The van der Waals surface area contributed by atoms with Gasteiger partial charge in [0.15, 0.2) is 15.9 Å². The molecule has 1 amide bonds. The lowest BCUT2D eigenvalue weighted by Crippen LogP contribution is -2.54. The minimum absolute atomic E-state index is 0.147. The number of nitrogens with two attached hydrogens (primary N) is 1. The predicted octanol–water partition coefficient (Wildman–Crippen LogP) is 2.15. The monoisotopic (exact) mass is 581 g/mol. The average Bonchev–Trinajstić information content (AvgIpc) is 3.33. The highest BCUT2D eigenvalue weighted by atomic mass is 79.9. The van der Waals surface area contributed by atoms with Crippen LogP contribution in [0.4, 0.5) is 4.39 Å². The summed E-state index contributed by atoms with van der Waals surface area (Å²) >= 11 is 4.68. The van der Waals surface area contributed by atoms with Crippen LogP contribution >= 0.6 is 27.3 Å². The van der Waals surface area contributed by atoms with Crippen molar-refractivity contribution in [1.29, 1.82) is 0 Å². The van der Waals surface area contributed by atoms with Gasteiger partial charge in [0, 0.05) is 23.3 Å². The highest BCUT2D eigenvalue weighted by Crippen LogP contribution is 2.37. The van der Waals surface area contributed by atoms with Crippen LogP contribution in [0.2, 0.25) is 0 Å². The Morgan fingerprint density at radius 2 is 2.22 bits per heavy atom. The molecule has 2 aromatic rings. The zero-order chi connectivity index (χ0) is 25.8. The summed E-state index contributed by atoms with van der Waals surface area (Å²) in [6.45, 7) is 3.01. The van der Waals surface area contributed by atoms with E-state index in [9.17, 15) is 14.0 Å². The van der Waals surface area contributed by atoms with E-state index in [1.807, 2.05) is 4.90 Å². The fraction of sp³-hybridized carbons (Fsp3) is 0.391. The van der Waals surface area contributed by atoms with Gasteiger partial charge in [-0.3, -0.25) is 14.7 Å². The summed E-state index contributed by atoms with van der Waals surface area (Å²) in [7, 11) is 1.54. The molecule has 0 bridgehead atoms. The molecule has 0 saturated carbocycles. The van der Waals surface area contributed by atoms with Crippen LogP contribution in [0.3, 0.4) is 0 Å². The van der Waals surface area contributed by atoms with Gasteiger partial charge < -0.3 is 25.3 Å². The molecule has 1 fully saturated rings. The van der Waals surface area contributed by atoms with Crippen molar-refractivity contribution < 1.29 is 28.2 Å². The number of rotatable bonds is 8. The van der Waals surface area contributed by atoms with Crippen molar-refractivity contribution in [3.8, 4) is 5.06 Å². The van der Waals surface area contributed by atoms with Crippen molar-refractivity contribution in [2.75, 3.05) is 40.0 Å². The van der Waals surface area contributed by atoms with E-state index < -0.39 is 29.8 Å². The zero-order valence-electron chi connectivity index (χ0n) is 19.6. The second-order valence-corrected chi connectivity index (χ2v) is 9.78. The van der Waals surface area contributed by atoms with E-state index in [-0.39, 0.29) is 25.3 Å².